The number of aldehydes is 1. The van der Waals surface area contributed by atoms with Crippen LogP contribution in [0.1, 0.15) is 0 Å². The van der Waals surface area contributed by atoms with Gasteiger partial charge in [0.15, 0.2) is 6.29 Å². The molecule has 10 nitrogen and oxygen atoms in total. The van der Waals surface area contributed by atoms with Crippen LogP contribution in [0.4, 0.5) is 0 Å². The van der Waals surface area contributed by atoms with Crippen LogP contribution in [-0.2, 0) is 9.36 Å². The van der Waals surface area contributed by atoms with Crippen LogP contribution in [-0.4, -0.2) is 67.7 Å². The molecule has 104 valence electrons. The molecule has 0 aliphatic rings. The molecule has 0 heterocycles. The third-order valence-corrected chi connectivity index (χ3v) is 1.42. The second-order valence-corrected chi connectivity index (χ2v) is 3.76. The molecule has 6 N–H and O–H groups in total. The van der Waals surface area contributed by atoms with E-state index in [9.17, 15) is 4.79 Å². The molecule has 0 aromatic rings. The molecule has 0 unspecified atom stereocenters. The Morgan fingerprint density at radius 2 is 1.37 bits per heavy atom. The van der Waals surface area contributed by atoms with E-state index >= 15 is 0 Å². The molecule has 0 radical (unpaired) electrons. The second kappa shape index (κ2) is 14.5. The zero-order chi connectivity index (χ0) is 14.2. The first-order valence-electron chi connectivity index (χ1n) is 4.07. The largest absolute Gasteiger partial charge is 1.00 e. The van der Waals surface area contributed by atoms with Crippen LogP contribution in [0.3, 0.4) is 0 Å². The van der Waals surface area contributed by atoms with Crippen molar-refractivity contribution in [1.29, 1.82) is 0 Å². The zero-order valence-corrected chi connectivity index (χ0v) is 15.3. The van der Waals surface area contributed by atoms with Crippen LogP contribution in [0.15, 0.2) is 0 Å². The summed E-state index contributed by atoms with van der Waals surface area (Å²) in [5.74, 6) is 0. The number of carbonyl (C=O) groups is 1. The molecule has 0 aliphatic carbocycles. The fraction of sp³-hybridized carbons (Fsp3) is 0.833. The maximum Gasteiger partial charge on any atom is 1.00 e. The molecular weight excluding hydrogens is 309 g/mol. The Balaban J connectivity index is -0.000000139. The molecule has 13 heteroatoms. The summed E-state index contributed by atoms with van der Waals surface area (Å²) >= 11 is 0. The van der Waals surface area contributed by atoms with E-state index < -0.39 is 38.8 Å². The molecule has 0 saturated carbocycles. The Morgan fingerprint density at radius 3 is 1.58 bits per heavy atom. The predicted octanol–water partition coefficient (Wildman–Crippen LogP) is -11.6. The van der Waals surface area contributed by atoms with Crippen molar-refractivity contribution in [3.05, 3.63) is 0 Å². The van der Waals surface area contributed by atoms with Crippen molar-refractivity contribution < 1.29 is 109 Å². The molecule has 0 bridgehead atoms. The summed E-state index contributed by atoms with van der Waals surface area (Å²) in [6, 6.07) is 0. The Bertz CT molecular complexity index is 252. The quantitative estimate of drug-likeness (QED) is 0.160. The average Bonchev–Trinajstić information content (AvgIpc) is 2.22. The average molecular weight is 322 g/mol. The molecule has 19 heavy (non-hydrogen) atoms. The molecule has 0 aliphatic heterocycles. The van der Waals surface area contributed by atoms with Gasteiger partial charge in [0.1, 0.15) is 24.4 Å². The summed E-state index contributed by atoms with van der Waals surface area (Å²) < 4.78 is 8.66. The van der Waals surface area contributed by atoms with Crippen LogP contribution >= 0.6 is 7.82 Å². The summed E-state index contributed by atoms with van der Waals surface area (Å²) in [4.78, 5) is 34.2. The molecule has 0 amide bonds. The molecule has 0 aromatic heterocycles. The van der Waals surface area contributed by atoms with Crippen molar-refractivity contribution in [2.75, 3.05) is 6.61 Å². The molecular formula is C6H13Na2O10P. The second-order valence-electron chi connectivity index (χ2n) is 2.83. The van der Waals surface area contributed by atoms with E-state index in [1.165, 1.54) is 0 Å². The van der Waals surface area contributed by atoms with Gasteiger partial charge in [-0.05, 0) is 0 Å². The van der Waals surface area contributed by atoms with E-state index in [0.717, 1.165) is 0 Å². The standard InChI is InChI=1S/C6H12O6.2Na.H3O4P/c7-1-3(9)5(11)6(12)4(10)2-8;;;1-5(2,3)4/h1,3-6,8-12H,2H2;;;(H3,1,2,3,4)/q;2*+1;/p-2/t3-,4+,5+,6+;;;/m0.../s1. The van der Waals surface area contributed by atoms with Gasteiger partial charge in [-0.1, -0.05) is 0 Å². The molecule has 0 fully saturated rings. The van der Waals surface area contributed by atoms with Crippen LogP contribution < -0.4 is 68.9 Å². The fourth-order valence-corrected chi connectivity index (χ4v) is 0.618. The number of hydrogen-bond acceptors (Lipinski definition) is 9. The Labute approximate surface area is 152 Å². The van der Waals surface area contributed by atoms with Crippen LogP contribution in [0.2, 0.25) is 0 Å². The van der Waals surface area contributed by atoms with Crippen molar-refractivity contribution in [3.63, 3.8) is 0 Å². The number of hydrogen-bond donors (Lipinski definition) is 6. The fourth-order valence-electron chi connectivity index (χ4n) is 0.618. The topological polar surface area (TPSA) is 202 Å². The maximum atomic E-state index is 9.90. The minimum Gasteiger partial charge on any atom is -0.790 e. The Hall–Kier alpha value is 1.58. The molecule has 0 aromatic carbocycles. The van der Waals surface area contributed by atoms with E-state index in [2.05, 4.69) is 0 Å². The summed E-state index contributed by atoms with van der Waals surface area (Å²) in [6.07, 6.45) is -6.84. The minimum atomic E-state index is -5.14. The Kier molecular flexibility index (Phi) is 21.9. The van der Waals surface area contributed by atoms with E-state index in [4.69, 9.17) is 44.8 Å². The molecule has 0 spiro atoms. The summed E-state index contributed by atoms with van der Waals surface area (Å²) in [6.45, 7) is -0.760. The van der Waals surface area contributed by atoms with Gasteiger partial charge in [-0.2, -0.15) is 0 Å². The predicted molar refractivity (Wildman–Crippen MR) is 47.0 cm³/mol. The van der Waals surface area contributed by atoms with Gasteiger partial charge in [0.2, 0.25) is 0 Å². The first-order chi connectivity index (χ1) is 7.54. The van der Waals surface area contributed by atoms with Crippen molar-refractivity contribution in [2.24, 2.45) is 0 Å². The smallest absolute Gasteiger partial charge is 0.790 e. The monoisotopic (exact) mass is 322 g/mol. The molecule has 4 atom stereocenters. The minimum absolute atomic E-state index is 0. The van der Waals surface area contributed by atoms with Gasteiger partial charge in [-0.15, -0.1) is 0 Å². The molecule has 0 saturated heterocycles. The van der Waals surface area contributed by atoms with Crippen LogP contribution in [0.5, 0.6) is 0 Å². The van der Waals surface area contributed by atoms with Gasteiger partial charge in [0, 0.05) is 0 Å². The Morgan fingerprint density at radius 1 is 1.05 bits per heavy atom. The van der Waals surface area contributed by atoms with Crippen LogP contribution in [0, 0.1) is 0 Å². The van der Waals surface area contributed by atoms with Gasteiger partial charge in [-0.25, -0.2) is 0 Å². The first kappa shape index (κ1) is 28.7. The first-order valence-corrected chi connectivity index (χ1v) is 5.57. The SMILES string of the molecule is O=C[C@H](O)[C@@H](O)[C@H](O)[C@H](O)CO.O=P([O-])([O-])O.[Na+].[Na+]. The summed E-state index contributed by atoms with van der Waals surface area (Å²) in [5.41, 5.74) is 0. The number of phosphoric acid groups is 1. The van der Waals surface area contributed by atoms with Crippen molar-refractivity contribution in [1.82, 2.24) is 0 Å². The number of aliphatic hydroxyl groups excluding tert-OH is 5. The van der Waals surface area contributed by atoms with Gasteiger partial charge < -0.3 is 49.6 Å². The van der Waals surface area contributed by atoms with E-state index in [-0.39, 0.29) is 65.4 Å². The summed E-state index contributed by atoms with van der Waals surface area (Å²) in [5, 5.41) is 43.5. The third kappa shape index (κ3) is 19.6. The van der Waals surface area contributed by atoms with Crippen molar-refractivity contribution in [2.45, 2.75) is 24.4 Å². The van der Waals surface area contributed by atoms with Gasteiger partial charge in [0.25, 0.3) is 0 Å². The number of rotatable bonds is 5. The van der Waals surface area contributed by atoms with E-state index in [1.807, 2.05) is 0 Å². The van der Waals surface area contributed by atoms with Crippen molar-refractivity contribution in [3.8, 4) is 0 Å². The number of carbonyl (C=O) groups excluding carboxylic acids is 1. The van der Waals surface area contributed by atoms with Crippen molar-refractivity contribution >= 4 is 14.1 Å². The summed E-state index contributed by atoms with van der Waals surface area (Å²) in [7, 11) is -5.14. The zero-order valence-electron chi connectivity index (χ0n) is 10.4. The maximum absolute atomic E-state index is 9.90. The van der Waals surface area contributed by atoms with Gasteiger partial charge >= 0.3 is 59.1 Å². The van der Waals surface area contributed by atoms with E-state index in [0.29, 0.717) is 0 Å². The number of aliphatic hydroxyl groups is 5. The third-order valence-electron chi connectivity index (χ3n) is 1.42. The van der Waals surface area contributed by atoms with Crippen LogP contribution in [0.25, 0.3) is 0 Å². The normalized spacial score (nSPS) is 16.4. The van der Waals surface area contributed by atoms with Gasteiger partial charge in [-0.3, -0.25) is 0 Å². The van der Waals surface area contributed by atoms with E-state index in [1.54, 1.807) is 0 Å². The van der Waals surface area contributed by atoms with Gasteiger partial charge in [0.05, 0.1) is 14.4 Å². The molecule has 0 rings (SSSR count).